The van der Waals surface area contributed by atoms with Crippen LogP contribution in [0.1, 0.15) is 12.5 Å². The van der Waals surface area contributed by atoms with Gasteiger partial charge in [-0.05, 0) is 43.3 Å². The van der Waals surface area contributed by atoms with E-state index in [1.807, 2.05) is 0 Å². The highest BCUT2D eigenvalue weighted by atomic mass is 35.5. The number of nitrogens with one attached hydrogen (secondary N) is 1. The predicted octanol–water partition coefficient (Wildman–Crippen LogP) is 4.41. The summed E-state index contributed by atoms with van der Waals surface area (Å²) >= 11 is 7.15. The van der Waals surface area contributed by atoms with Gasteiger partial charge < -0.3 is 5.32 Å². The molecule has 7 nitrogen and oxygen atoms in total. The van der Waals surface area contributed by atoms with Crippen LogP contribution >= 0.6 is 23.4 Å². The van der Waals surface area contributed by atoms with Gasteiger partial charge in [0.2, 0.25) is 11.8 Å². The first-order valence-corrected chi connectivity index (χ1v) is 10.5. The first kappa shape index (κ1) is 22.2. The standard InChI is InChI=1S/C20H15ClF3N5O2S/c1-11(32-19-27-25-10-29(19)14-4-2-3-13(21)8-14)18(31)28-9-17(30)26-15-7-12(20(22,23)24)5-6-16(15)28/h2-8,10-11H,9H2,1H3,(H,26,30). The van der Waals surface area contributed by atoms with Crippen LogP contribution in [0.3, 0.4) is 0 Å². The number of hydrogen-bond donors (Lipinski definition) is 1. The number of benzene rings is 2. The van der Waals surface area contributed by atoms with Gasteiger partial charge >= 0.3 is 6.18 Å². The normalized spacial score (nSPS) is 14.7. The Kier molecular flexibility index (Phi) is 5.87. The quantitative estimate of drug-likeness (QED) is 0.558. The highest BCUT2D eigenvalue weighted by molar-refractivity contribution is 8.00. The molecule has 0 saturated carbocycles. The first-order chi connectivity index (χ1) is 15.1. The van der Waals surface area contributed by atoms with E-state index >= 15 is 0 Å². The number of hydrogen-bond acceptors (Lipinski definition) is 5. The Morgan fingerprint density at radius 3 is 2.75 bits per heavy atom. The smallest absolute Gasteiger partial charge is 0.323 e. The summed E-state index contributed by atoms with van der Waals surface area (Å²) in [6.45, 7) is 1.32. The summed E-state index contributed by atoms with van der Waals surface area (Å²) in [5.74, 6) is -1.03. The van der Waals surface area contributed by atoms with E-state index in [1.165, 1.54) is 17.3 Å². The van der Waals surface area contributed by atoms with Crippen molar-refractivity contribution < 1.29 is 22.8 Å². The molecular weight excluding hydrogens is 467 g/mol. The van der Waals surface area contributed by atoms with Crippen LogP contribution in [-0.2, 0) is 15.8 Å². The minimum absolute atomic E-state index is 0.0660. The Morgan fingerprint density at radius 1 is 1.25 bits per heavy atom. The summed E-state index contributed by atoms with van der Waals surface area (Å²) in [4.78, 5) is 26.4. The molecule has 1 aliphatic heterocycles. The average Bonchev–Trinajstić information content (AvgIpc) is 3.19. The molecule has 0 spiro atoms. The number of nitrogens with zero attached hydrogens (tertiary/aromatic N) is 4. The Balaban J connectivity index is 1.58. The average molecular weight is 482 g/mol. The molecule has 0 radical (unpaired) electrons. The van der Waals surface area contributed by atoms with Gasteiger partial charge in [-0.25, -0.2) is 0 Å². The monoisotopic (exact) mass is 481 g/mol. The van der Waals surface area contributed by atoms with Gasteiger partial charge in [-0.1, -0.05) is 29.4 Å². The number of alkyl halides is 3. The van der Waals surface area contributed by atoms with Crippen LogP contribution in [0.4, 0.5) is 24.5 Å². The Morgan fingerprint density at radius 2 is 2.03 bits per heavy atom. The molecule has 0 fully saturated rings. The van der Waals surface area contributed by atoms with Crippen molar-refractivity contribution in [2.24, 2.45) is 0 Å². The Labute approximate surface area is 189 Å². The minimum Gasteiger partial charge on any atom is -0.323 e. The lowest BCUT2D eigenvalue weighted by Crippen LogP contribution is -2.45. The third-order valence-electron chi connectivity index (χ3n) is 4.69. The lowest BCUT2D eigenvalue weighted by Gasteiger charge is -2.31. The summed E-state index contributed by atoms with van der Waals surface area (Å²) in [5, 5.41) is 10.6. The molecule has 32 heavy (non-hydrogen) atoms. The van der Waals surface area contributed by atoms with Crippen molar-refractivity contribution in [3.63, 3.8) is 0 Å². The largest absolute Gasteiger partial charge is 0.416 e. The number of anilines is 2. The molecule has 0 bridgehead atoms. The molecule has 166 valence electrons. The number of halogens is 4. The fraction of sp³-hybridized carbons (Fsp3) is 0.200. The molecule has 1 unspecified atom stereocenters. The molecule has 12 heteroatoms. The number of thioether (sulfide) groups is 1. The fourth-order valence-electron chi connectivity index (χ4n) is 3.20. The molecule has 2 aromatic carbocycles. The van der Waals surface area contributed by atoms with E-state index < -0.39 is 28.8 Å². The zero-order chi connectivity index (χ0) is 23.0. The van der Waals surface area contributed by atoms with Gasteiger partial charge in [0.1, 0.15) is 12.9 Å². The van der Waals surface area contributed by atoms with Crippen molar-refractivity contribution in [1.82, 2.24) is 14.8 Å². The van der Waals surface area contributed by atoms with Crippen LogP contribution < -0.4 is 10.2 Å². The van der Waals surface area contributed by atoms with Crippen molar-refractivity contribution >= 4 is 46.6 Å². The third-order valence-corrected chi connectivity index (χ3v) is 5.97. The van der Waals surface area contributed by atoms with E-state index in [0.29, 0.717) is 15.9 Å². The first-order valence-electron chi connectivity index (χ1n) is 9.28. The van der Waals surface area contributed by atoms with E-state index in [0.717, 1.165) is 23.9 Å². The van der Waals surface area contributed by atoms with Crippen LogP contribution in [0.2, 0.25) is 5.02 Å². The molecular formula is C20H15ClF3N5O2S. The minimum atomic E-state index is -4.57. The van der Waals surface area contributed by atoms with Crippen LogP contribution in [0.25, 0.3) is 5.69 Å². The van der Waals surface area contributed by atoms with E-state index in [-0.39, 0.29) is 17.9 Å². The summed E-state index contributed by atoms with van der Waals surface area (Å²) in [7, 11) is 0. The molecule has 1 aromatic heterocycles. The Hall–Kier alpha value is -3.05. The molecule has 4 rings (SSSR count). The maximum Gasteiger partial charge on any atom is 0.416 e. The molecule has 0 aliphatic carbocycles. The van der Waals surface area contributed by atoms with Gasteiger partial charge in [-0.15, -0.1) is 10.2 Å². The van der Waals surface area contributed by atoms with Gasteiger partial charge in [0.25, 0.3) is 0 Å². The van der Waals surface area contributed by atoms with Crippen molar-refractivity contribution in [2.75, 3.05) is 16.8 Å². The van der Waals surface area contributed by atoms with Crippen LogP contribution in [0.15, 0.2) is 53.9 Å². The molecule has 2 heterocycles. The summed E-state index contributed by atoms with van der Waals surface area (Å²) in [6.07, 6.45) is -3.09. The van der Waals surface area contributed by atoms with E-state index in [9.17, 15) is 22.8 Å². The fourth-order valence-corrected chi connectivity index (χ4v) is 4.29. The van der Waals surface area contributed by atoms with Gasteiger partial charge in [0.05, 0.1) is 27.9 Å². The molecule has 1 aliphatic rings. The number of carbonyl (C=O) groups excluding carboxylic acids is 2. The Bertz CT molecular complexity index is 1200. The number of aromatic nitrogens is 3. The number of amides is 2. The molecule has 1 atom stereocenters. The number of fused-ring (bicyclic) bond motifs is 1. The SMILES string of the molecule is CC(Sc1nncn1-c1cccc(Cl)c1)C(=O)N1CC(=O)Nc2cc(C(F)(F)F)ccc21. The van der Waals surface area contributed by atoms with Gasteiger partial charge in [-0.2, -0.15) is 13.2 Å². The maximum absolute atomic E-state index is 13.1. The number of rotatable bonds is 4. The van der Waals surface area contributed by atoms with Crippen LogP contribution in [0.5, 0.6) is 0 Å². The topological polar surface area (TPSA) is 80.1 Å². The molecule has 2 amide bonds. The van der Waals surface area contributed by atoms with Gasteiger partial charge in [0.15, 0.2) is 5.16 Å². The summed E-state index contributed by atoms with van der Waals surface area (Å²) in [5.41, 5.74) is -0.0787. The van der Waals surface area contributed by atoms with E-state index in [1.54, 1.807) is 35.8 Å². The van der Waals surface area contributed by atoms with Crippen molar-refractivity contribution in [3.8, 4) is 5.69 Å². The second-order valence-corrected chi connectivity index (χ2v) is 8.67. The third kappa shape index (κ3) is 4.44. The van der Waals surface area contributed by atoms with Crippen LogP contribution in [0, 0.1) is 0 Å². The van der Waals surface area contributed by atoms with E-state index in [4.69, 9.17) is 11.6 Å². The number of carbonyl (C=O) groups is 2. The summed E-state index contributed by atoms with van der Waals surface area (Å²) in [6, 6.07) is 9.88. The zero-order valence-corrected chi connectivity index (χ0v) is 18.0. The lowest BCUT2D eigenvalue weighted by atomic mass is 10.1. The predicted molar refractivity (Wildman–Crippen MR) is 114 cm³/mol. The van der Waals surface area contributed by atoms with E-state index in [2.05, 4.69) is 15.5 Å². The summed E-state index contributed by atoms with van der Waals surface area (Å²) < 4.78 is 40.8. The van der Waals surface area contributed by atoms with Crippen molar-refractivity contribution in [2.45, 2.75) is 23.5 Å². The second-order valence-electron chi connectivity index (χ2n) is 6.93. The van der Waals surface area contributed by atoms with Gasteiger partial charge in [0, 0.05) is 5.02 Å². The highest BCUT2D eigenvalue weighted by Crippen LogP contribution is 2.38. The molecule has 3 aromatic rings. The molecule has 1 N–H and O–H groups in total. The second kappa shape index (κ2) is 8.47. The molecule has 0 saturated heterocycles. The highest BCUT2D eigenvalue weighted by Gasteiger charge is 2.35. The zero-order valence-electron chi connectivity index (χ0n) is 16.4. The van der Waals surface area contributed by atoms with Crippen molar-refractivity contribution in [1.29, 1.82) is 0 Å². The maximum atomic E-state index is 13.1. The van der Waals surface area contributed by atoms with Crippen molar-refractivity contribution in [3.05, 3.63) is 59.4 Å². The van der Waals surface area contributed by atoms with Gasteiger partial charge in [-0.3, -0.25) is 19.1 Å². The lowest BCUT2D eigenvalue weighted by molar-refractivity contribution is -0.137. The van der Waals surface area contributed by atoms with Crippen LogP contribution in [-0.4, -0.2) is 38.4 Å².